The van der Waals surface area contributed by atoms with Crippen LogP contribution >= 0.6 is 11.8 Å². The highest BCUT2D eigenvalue weighted by Crippen LogP contribution is 2.17. The Morgan fingerprint density at radius 3 is 2.93 bits per heavy atom. The molecule has 0 aliphatic heterocycles. The molecule has 1 atom stereocenters. The topological polar surface area (TPSA) is 45.4 Å². The molecule has 1 unspecified atom stereocenters. The smallest absolute Gasteiger partial charge is 0.116 e. The van der Waals surface area contributed by atoms with Crippen molar-refractivity contribution in [3.63, 3.8) is 0 Å². The Morgan fingerprint density at radius 1 is 1.60 bits per heavy atom. The van der Waals surface area contributed by atoms with Gasteiger partial charge in [-0.25, -0.2) is 0 Å². The van der Waals surface area contributed by atoms with E-state index in [2.05, 4.69) is 12.2 Å². The summed E-state index contributed by atoms with van der Waals surface area (Å²) < 4.78 is 5.35. The maximum Gasteiger partial charge on any atom is 0.116 e. The first-order valence-electron chi connectivity index (χ1n) is 5.16. The van der Waals surface area contributed by atoms with Crippen molar-refractivity contribution in [3.8, 4) is 0 Å². The molecule has 0 aliphatic rings. The van der Waals surface area contributed by atoms with Crippen molar-refractivity contribution in [2.75, 3.05) is 19.4 Å². The van der Waals surface area contributed by atoms with Gasteiger partial charge in [0.2, 0.25) is 0 Å². The number of hydrogen-bond acceptors (Lipinski definition) is 4. The first kappa shape index (κ1) is 12.6. The van der Waals surface area contributed by atoms with Gasteiger partial charge in [0.1, 0.15) is 5.76 Å². The first-order valence-corrected chi connectivity index (χ1v) is 6.32. The summed E-state index contributed by atoms with van der Waals surface area (Å²) >= 11 is 1.83. The molecule has 1 heterocycles. The average Bonchev–Trinajstić information content (AvgIpc) is 2.63. The number of rotatable bonds is 7. The van der Waals surface area contributed by atoms with Crippen LogP contribution in [-0.2, 0) is 5.75 Å². The lowest BCUT2D eigenvalue weighted by Gasteiger charge is -2.13. The van der Waals surface area contributed by atoms with E-state index in [1.807, 2.05) is 24.9 Å². The molecule has 1 rings (SSSR count). The maximum absolute atomic E-state index is 8.83. The minimum Gasteiger partial charge on any atom is -0.468 e. The lowest BCUT2D eigenvalue weighted by molar-refractivity contribution is 0.273. The molecule has 0 spiro atoms. The summed E-state index contributed by atoms with van der Waals surface area (Å²) in [5, 5.41) is 12.0. The molecule has 0 aromatic carbocycles. The molecule has 0 fully saturated rings. The highest BCUT2D eigenvalue weighted by molar-refractivity contribution is 7.98. The molecule has 1 aromatic heterocycles. The van der Waals surface area contributed by atoms with Crippen molar-refractivity contribution in [2.24, 2.45) is 0 Å². The van der Waals surface area contributed by atoms with Gasteiger partial charge in [-0.2, -0.15) is 11.8 Å². The van der Waals surface area contributed by atoms with Gasteiger partial charge < -0.3 is 14.8 Å². The Morgan fingerprint density at radius 2 is 2.40 bits per heavy atom. The second kappa shape index (κ2) is 6.93. The van der Waals surface area contributed by atoms with Crippen LogP contribution in [0.1, 0.15) is 17.7 Å². The molecular weight excluding hydrogens is 210 g/mol. The molecule has 0 bridgehead atoms. The monoisotopic (exact) mass is 229 g/mol. The zero-order valence-electron chi connectivity index (χ0n) is 9.32. The quantitative estimate of drug-likeness (QED) is 0.748. The Hall–Kier alpha value is -0.450. The van der Waals surface area contributed by atoms with E-state index in [1.54, 1.807) is 6.26 Å². The normalized spacial score (nSPS) is 13.0. The van der Waals surface area contributed by atoms with Crippen molar-refractivity contribution < 1.29 is 9.52 Å². The summed E-state index contributed by atoms with van der Waals surface area (Å²) in [5.41, 5.74) is 1.21. The Labute approximate surface area is 95.2 Å². The van der Waals surface area contributed by atoms with Crippen LogP contribution in [0.5, 0.6) is 0 Å². The van der Waals surface area contributed by atoms with Gasteiger partial charge in [-0.3, -0.25) is 0 Å². The third-order valence-corrected chi connectivity index (χ3v) is 3.51. The van der Waals surface area contributed by atoms with Crippen LogP contribution in [0.25, 0.3) is 0 Å². The van der Waals surface area contributed by atoms with E-state index in [1.165, 1.54) is 5.56 Å². The van der Waals surface area contributed by atoms with Gasteiger partial charge in [-0.1, -0.05) is 0 Å². The standard InChI is InChI=1S/C11H19NO2S/c1-9-4-6-14-11(9)8-15-7-10(12-2)3-5-13/h4,6,10,12-13H,3,5,7-8H2,1-2H3. The Kier molecular flexibility index (Phi) is 5.83. The SMILES string of the molecule is CNC(CCO)CSCc1occc1C. The zero-order chi connectivity index (χ0) is 11.1. The van der Waals surface area contributed by atoms with Gasteiger partial charge in [-0.15, -0.1) is 0 Å². The van der Waals surface area contributed by atoms with Crippen LogP contribution < -0.4 is 5.32 Å². The molecule has 4 heteroatoms. The van der Waals surface area contributed by atoms with Crippen LogP contribution in [0.4, 0.5) is 0 Å². The molecule has 1 aromatic rings. The predicted octanol–water partition coefficient (Wildman–Crippen LogP) is 1.79. The number of furan rings is 1. The van der Waals surface area contributed by atoms with E-state index in [9.17, 15) is 0 Å². The minimum absolute atomic E-state index is 0.242. The molecule has 86 valence electrons. The Bertz CT molecular complexity index is 275. The fourth-order valence-electron chi connectivity index (χ4n) is 1.31. The summed E-state index contributed by atoms with van der Waals surface area (Å²) in [5.74, 6) is 2.96. The highest BCUT2D eigenvalue weighted by atomic mass is 32.2. The summed E-state index contributed by atoms with van der Waals surface area (Å²) in [7, 11) is 1.93. The maximum atomic E-state index is 8.83. The molecule has 2 N–H and O–H groups in total. The van der Waals surface area contributed by atoms with E-state index in [0.717, 1.165) is 23.7 Å². The van der Waals surface area contributed by atoms with Crippen LogP contribution in [0.2, 0.25) is 0 Å². The summed E-state index contributed by atoms with van der Waals surface area (Å²) in [6, 6.07) is 2.37. The third kappa shape index (κ3) is 4.28. The average molecular weight is 229 g/mol. The van der Waals surface area contributed by atoms with Crippen molar-refractivity contribution in [1.82, 2.24) is 5.32 Å². The van der Waals surface area contributed by atoms with Crippen LogP contribution in [0.3, 0.4) is 0 Å². The number of aryl methyl sites for hydroxylation is 1. The fourth-order valence-corrected chi connectivity index (χ4v) is 2.53. The number of nitrogens with one attached hydrogen (secondary N) is 1. The predicted molar refractivity (Wildman–Crippen MR) is 64.2 cm³/mol. The van der Waals surface area contributed by atoms with Crippen LogP contribution in [0, 0.1) is 6.92 Å². The van der Waals surface area contributed by atoms with Crippen molar-refractivity contribution in [3.05, 3.63) is 23.7 Å². The van der Waals surface area contributed by atoms with Gasteiger partial charge in [0, 0.05) is 18.4 Å². The number of aliphatic hydroxyl groups excluding tert-OH is 1. The molecule has 3 nitrogen and oxygen atoms in total. The molecular formula is C11H19NO2S. The van der Waals surface area contributed by atoms with Crippen molar-refractivity contribution >= 4 is 11.8 Å². The number of hydrogen-bond donors (Lipinski definition) is 2. The molecule has 0 aliphatic carbocycles. The zero-order valence-corrected chi connectivity index (χ0v) is 10.1. The van der Waals surface area contributed by atoms with E-state index < -0.39 is 0 Å². The number of thioether (sulfide) groups is 1. The van der Waals surface area contributed by atoms with Gasteiger partial charge in [0.05, 0.1) is 12.0 Å². The second-order valence-corrected chi connectivity index (χ2v) is 4.57. The van der Waals surface area contributed by atoms with Gasteiger partial charge >= 0.3 is 0 Å². The second-order valence-electron chi connectivity index (χ2n) is 3.54. The summed E-state index contributed by atoms with van der Waals surface area (Å²) in [6.07, 6.45) is 2.54. The molecule has 0 saturated heterocycles. The van der Waals surface area contributed by atoms with Gasteiger partial charge in [-0.05, 0) is 32.0 Å². The molecule has 15 heavy (non-hydrogen) atoms. The molecule has 0 radical (unpaired) electrons. The van der Waals surface area contributed by atoms with E-state index in [-0.39, 0.29) is 6.61 Å². The van der Waals surface area contributed by atoms with Gasteiger partial charge in [0.15, 0.2) is 0 Å². The highest BCUT2D eigenvalue weighted by Gasteiger charge is 2.07. The van der Waals surface area contributed by atoms with Crippen LogP contribution in [-0.4, -0.2) is 30.6 Å². The minimum atomic E-state index is 0.242. The van der Waals surface area contributed by atoms with E-state index in [0.29, 0.717) is 6.04 Å². The summed E-state index contributed by atoms with van der Waals surface area (Å²) in [6.45, 7) is 2.30. The van der Waals surface area contributed by atoms with Crippen molar-refractivity contribution in [1.29, 1.82) is 0 Å². The number of aliphatic hydroxyl groups is 1. The fraction of sp³-hybridized carbons (Fsp3) is 0.636. The van der Waals surface area contributed by atoms with E-state index >= 15 is 0 Å². The molecule has 0 amide bonds. The largest absolute Gasteiger partial charge is 0.468 e. The molecule has 0 saturated carbocycles. The van der Waals surface area contributed by atoms with Gasteiger partial charge in [0.25, 0.3) is 0 Å². The lowest BCUT2D eigenvalue weighted by Crippen LogP contribution is -2.28. The van der Waals surface area contributed by atoms with E-state index in [4.69, 9.17) is 9.52 Å². The van der Waals surface area contributed by atoms with Crippen LogP contribution in [0.15, 0.2) is 16.7 Å². The third-order valence-electron chi connectivity index (χ3n) is 2.41. The summed E-state index contributed by atoms with van der Waals surface area (Å²) in [4.78, 5) is 0. The Balaban J connectivity index is 2.23. The van der Waals surface area contributed by atoms with Crippen molar-refractivity contribution in [2.45, 2.75) is 25.1 Å². The first-order chi connectivity index (χ1) is 7.27. The lowest BCUT2D eigenvalue weighted by atomic mass is 10.2.